The molecule has 1 amide bonds. The van der Waals surface area contributed by atoms with Crippen LogP contribution in [0.15, 0.2) is 71.2 Å². The van der Waals surface area contributed by atoms with E-state index in [1.165, 1.54) is 12.1 Å². The van der Waals surface area contributed by atoms with Crippen LogP contribution in [0.2, 0.25) is 0 Å². The fourth-order valence-electron chi connectivity index (χ4n) is 3.40. The van der Waals surface area contributed by atoms with Gasteiger partial charge in [0.05, 0.1) is 12.8 Å². The molecule has 0 unspecified atom stereocenters. The molecule has 33 heavy (non-hydrogen) atoms. The molecule has 168 valence electrons. The highest BCUT2D eigenvalue weighted by Crippen LogP contribution is 2.28. The van der Waals surface area contributed by atoms with Crippen molar-refractivity contribution in [3.8, 4) is 22.8 Å². The molecule has 1 N–H and O–H groups in total. The van der Waals surface area contributed by atoms with Gasteiger partial charge in [0.1, 0.15) is 11.6 Å². The number of anilines is 1. The van der Waals surface area contributed by atoms with Crippen molar-refractivity contribution in [1.29, 1.82) is 0 Å². The summed E-state index contributed by atoms with van der Waals surface area (Å²) in [7, 11) is 1.59. The van der Waals surface area contributed by atoms with Crippen LogP contribution in [0.3, 0.4) is 0 Å². The normalized spacial score (nSPS) is 11.0. The first-order chi connectivity index (χ1) is 15.9. The molecule has 6 nitrogen and oxygen atoms in total. The SMILES string of the molecule is COc1ccc(-n2nc(C(=O)Nc3ccc(Br)cc3C(C)C)nc2-c2ccc(F)cc2)cc1. The van der Waals surface area contributed by atoms with Gasteiger partial charge in [-0.05, 0) is 78.2 Å². The van der Waals surface area contributed by atoms with E-state index in [0.29, 0.717) is 28.5 Å². The number of halogens is 2. The zero-order chi connectivity index (χ0) is 23.5. The first kappa shape index (κ1) is 22.7. The van der Waals surface area contributed by atoms with E-state index in [2.05, 4.69) is 45.2 Å². The largest absolute Gasteiger partial charge is 0.497 e. The lowest BCUT2D eigenvalue weighted by atomic mass is 10.0. The molecule has 0 radical (unpaired) electrons. The van der Waals surface area contributed by atoms with E-state index in [0.717, 1.165) is 10.0 Å². The molecule has 3 aromatic carbocycles. The Bertz CT molecular complexity index is 1290. The molecule has 0 atom stereocenters. The van der Waals surface area contributed by atoms with E-state index >= 15 is 0 Å². The van der Waals surface area contributed by atoms with Crippen molar-refractivity contribution >= 4 is 27.5 Å². The quantitative estimate of drug-likeness (QED) is 0.335. The van der Waals surface area contributed by atoms with Crippen LogP contribution in [-0.2, 0) is 0 Å². The molecule has 0 bridgehead atoms. The van der Waals surface area contributed by atoms with Gasteiger partial charge in [-0.15, -0.1) is 5.10 Å². The van der Waals surface area contributed by atoms with Crippen LogP contribution in [0, 0.1) is 5.82 Å². The van der Waals surface area contributed by atoms with Crippen molar-refractivity contribution in [3.63, 3.8) is 0 Å². The predicted molar refractivity (Wildman–Crippen MR) is 129 cm³/mol. The molecule has 0 fully saturated rings. The number of amides is 1. The topological polar surface area (TPSA) is 69.0 Å². The Kier molecular flexibility index (Phi) is 6.55. The second kappa shape index (κ2) is 9.54. The highest BCUT2D eigenvalue weighted by molar-refractivity contribution is 9.10. The van der Waals surface area contributed by atoms with Crippen LogP contribution in [-0.4, -0.2) is 27.8 Å². The van der Waals surface area contributed by atoms with Gasteiger partial charge in [0, 0.05) is 15.7 Å². The van der Waals surface area contributed by atoms with Gasteiger partial charge in [-0.3, -0.25) is 4.79 Å². The number of rotatable bonds is 6. The van der Waals surface area contributed by atoms with Crippen LogP contribution in [0.25, 0.3) is 17.1 Å². The molecule has 1 heterocycles. The Morgan fingerprint density at radius 1 is 1.06 bits per heavy atom. The summed E-state index contributed by atoms with van der Waals surface area (Å²) >= 11 is 3.48. The monoisotopic (exact) mass is 508 g/mol. The van der Waals surface area contributed by atoms with Gasteiger partial charge in [0.2, 0.25) is 5.82 Å². The minimum Gasteiger partial charge on any atom is -0.497 e. The maximum absolute atomic E-state index is 13.5. The molecule has 4 rings (SSSR count). The number of methoxy groups -OCH3 is 1. The molecule has 0 aliphatic heterocycles. The lowest BCUT2D eigenvalue weighted by molar-refractivity contribution is 0.101. The zero-order valence-electron chi connectivity index (χ0n) is 18.3. The molecule has 1 aromatic heterocycles. The third kappa shape index (κ3) is 4.96. The maximum atomic E-state index is 13.5. The van der Waals surface area contributed by atoms with Crippen LogP contribution < -0.4 is 10.1 Å². The summed E-state index contributed by atoms with van der Waals surface area (Å²) in [5.74, 6) is 0.528. The Morgan fingerprint density at radius 2 is 1.76 bits per heavy atom. The summed E-state index contributed by atoms with van der Waals surface area (Å²) in [6.45, 7) is 4.11. The van der Waals surface area contributed by atoms with E-state index < -0.39 is 5.91 Å². The van der Waals surface area contributed by atoms with E-state index in [-0.39, 0.29) is 17.6 Å². The van der Waals surface area contributed by atoms with E-state index in [9.17, 15) is 9.18 Å². The van der Waals surface area contributed by atoms with Gasteiger partial charge in [-0.2, -0.15) is 0 Å². The predicted octanol–water partition coefficient (Wildman–Crippen LogP) is 6.22. The molecule has 0 aliphatic rings. The summed E-state index contributed by atoms with van der Waals surface area (Å²) in [6, 6.07) is 18.8. The number of hydrogen-bond donors (Lipinski definition) is 1. The molecule has 4 aromatic rings. The highest BCUT2D eigenvalue weighted by Gasteiger charge is 2.20. The average Bonchev–Trinajstić information content (AvgIpc) is 3.26. The summed E-state index contributed by atoms with van der Waals surface area (Å²) in [6.07, 6.45) is 0. The Hall–Kier alpha value is -3.52. The maximum Gasteiger partial charge on any atom is 0.295 e. The molecule has 0 saturated heterocycles. The number of ether oxygens (including phenoxy) is 1. The summed E-state index contributed by atoms with van der Waals surface area (Å²) in [5, 5.41) is 7.40. The number of benzene rings is 3. The smallest absolute Gasteiger partial charge is 0.295 e. The van der Waals surface area contributed by atoms with Gasteiger partial charge >= 0.3 is 0 Å². The van der Waals surface area contributed by atoms with Crippen molar-refractivity contribution in [2.24, 2.45) is 0 Å². The highest BCUT2D eigenvalue weighted by atomic mass is 79.9. The summed E-state index contributed by atoms with van der Waals surface area (Å²) in [4.78, 5) is 17.6. The number of carbonyl (C=O) groups excluding carboxylic acids is 1. The van der Waals surface area contributed by atoms with Crippen molar-refractivity contribution in [3.05, 3.63) is 88.4 Å². The number of nitrogens with one attached hydrogen (secondary N) is 1. The van der Waals surface area contributed by atoms with Crippen molar-refractivity contribution in [2.45, 2.75) is 19.8 Å². The lowest BCUT2D eigenvalue weighted by Gasteiger charge is -2.13. The van der Waals surface area contributed by atoms with E-state index in [1.54, 1.807) is 36.1 Å². The molecule has 0 aliphatic carbocycles. The average molecular weight is 509 g/mol. The first-order valence-electron chi connectivity index (χ1n) is 10.3. The Balaban J connectivity index is 1.74. The number of nitrogens with zero attached hydrogens (tertiary/aromatic N) is 3. The molecule has 8 heteroatoms. The van der Waals surface area contributed by atoms with E-state index in [4.69, 9.17) is 4.74 Å². The van der Waals surface area contributed by atoms with Crippen LogP contribution >= 0.6 is 15.9 Å². The molecule has 0 spiro atoms. The first-order valence-corrected chi connectivity index (χ1v) is 11.1. The number of aromatic nitrogens is 3. The fraction of sp³-hybridized carbons (Fsp3) is 0.160. The Morgan fingerprint density at radius 3 is 2.39 bits per heavy atom. The minimum atomic E-state index is -0.435. The number of hydrogen-bond acceptors (Lipinski definition) is 4. The van der Waals surface area contributed by atoms with Crippen molar-refractivity contribution < 1.29 is 13.9 Å². The third-order valence-corrected chi connectivity index (χ3v) is 5.61. The van der Waals surface area contributed by atoms with Gasteiger partial charge in [0.25, 0.3) is 5.91 Å². The number of carbonyl (C=O) groups is 1. The van der Waals surface area contributed by atoms with Gasteiger partial charge in [-0.1, -0.05) is 29.8 Å². The van der Waals surface area contributed by atoms with Crippen molar-refractivity contribution in [1.82, 2.24) is 14.8 Å². The lowest BCUT2D eigenvalue weighted by Crippen LogP contribution is -2.16. The standard InChI is InChI=1S/C25H22BrFN4O2/c1-15(2)21-14-17(26)6-13-22(21)28-25(32)23-29-24(16-4-7-18(27)8-5-16)31(30-23)19-9-11-20(33-3)12-10-19/h4-15H,1-3H3,(H,28,32). The van der Waals surface area contributed by atoms with Gasteiger partial charge < -0.3 is 10.1 Å². The molecular formula is C25H22BrFN4O2. The summed E-state index contributed by atoms with van der Waals surface area (Å²) < 4.78 is 21.2. The van der Waals surface area contributed by atoms with Crippen LogP contribution in [0.4, 0.5) is 10.1 Å². The van der Waals surface area contributed by atoms with Crippen LogP contribution in [0.5, 0.6) is 5.75 Å². The fourth-order valence-corrected chi connectivity index (χ4v) is 3.78. The summed E-state index contributed by atoms with van der Waals surface area (Å²) in [5.41, 5.74) is 3.01. The molecular weight excluding hydrogens is 487 g/mol. The second-order valence-electron chi connectivity index (χ2n) is 7.72. The van der Waals surface area contributed by atoms with Gasteiger partial charge in [-0.25, -0.2) is 14.1 Å². The van der Waals surface area contributed by atoms with Gasteiger partial charge in [0.15, 0.2) is 5.82 Å². The Labute approximate surface area is 199 Å². The molecule has 0 saturated carbocycles. The van der Waals surface area contributed by atoms with Crippen LogP contribution in [0.1, 0.15) is 35.9 Å². The second-order valence-corrected chi connectivity index (χ2v) is 8.63. The van der Waals surface area contributed by atoms with Crippen molar-refractivity contribution in [2.75, 3.05) is 12.4 Å². The van der Waals surface area contributed by atoms with E-state index in [1.807, 2.05) is 30.3 Å². The third-order valence-electron chi connectivity index (χ3n) is 5.11. The zero-order valence-corrected chi connectivity index (χ0v) is 19.9. The minimum absolute atomic E-state index is 0.00256.